The van der Waals surface area contributed by atoms with Gasteiger partial charge in [-0.3, -0.25) is 4.79 Å². The largest absolute Gasteiger partial charge is 0.299 e. The summed E-state index contributed by atoms with van der Waals surface area (Å²) >= 11 is 0. The molecule has 0 saturated carbocycles. The fourth-order valence-electron chi connectivity index (χ4n) is 1.73. The van der Waals surface area contributed by atoms with Gasteiger partial charge in [0.05, 0.1) is 5.92 Å². The SMILES string of the molecule is C=C/C=C(\C=C)C(C(C)=O)c1ccccc1. The average Bonchev–Trinajstić information content (AvgIpc) is 2.29. The summed E-state index contributed by atoms with van der Waals surface area (Å²) in [6.07, 6.45) is 5.21. The van der Waals surface area contributed by atoms with E-state index in [9.17, 15) is 4.79 Å². The van der Waals surface area contributed by atoms with Gasteiger partial charge in [-0.15, -0.1) is 0 Å². The summed E-state index contributed by atoms with van der Waals surface area (Å²) in [5.74, 6) is -0.129. The molecule has 0 aliphatic heterocycles. The van der Waals surface area contributed by atoms with Crippen LogP contribution in [0.25, 0.3) is 0 Å². The number of carbonyl (C=O) groups is 1. The highest BCUT2D eigenvalue weighted by Gasteiger charge is 2.18. The van der Waals surface area contributed by atoms with Crippen LogP contribution in [-0.2, 0) is 4.79 Å². The van der Waals surface area contributed by atoms with Crippen molar-refractivity contribution in [3.8, 4) is 0 Å². The maximum absolute atomic E-state index is 11.7. The van der Waals surface area contributed by atoms with Gasteiger partial charge in [-0.05, 0) is 18.1 Å². The lowest BCUT2D eigenvalue weighted by atomic mass is 9.87. The van der Waals surface area contributed by atoms with E-state index >= 15 is 0 Å². The molecule has 16 heavy (non-hydrogen) atoms. The van der Waals surface area contributed by atoms with Gasteiger partial charge in [0.1, 0.15) is 5.78 Å². The molecule has 1 aromatic carbocycles. The molecule has 1 aromatic rings. The second kappa shape index (κ2) is 5.86. The number of ketones is 1. The Morgan fingerprint density at radius 1 is 1.25 bits per heavy atom. The van der Waals surface area contributed by atoms with E-state index in [1.165, 1.54) is 0 Å². The van der Waals surface area contributed by atoms with Crippen LogP contribution in [0, 0.1) is 0 Å². The number of Topliss-reactive ketones (excluding diaryl/α,β-unsaturated/α-hetero) is 1. The summed E-state index contributed by atoms with van der Waals surface area (Å²) in [6.45, 7) is 8.98. The fourth-order valence-corrected chi connectivity index (χ4v) is 1.73. The summed E-state index contributed by atoms with van der Waals surface area (Å²) in [7, 11) is 0. The zero-order valence-corrected chi connectivity index (χ0v) is 9.52. The first-order chi connectivity index (χ1) is 7.70. The van der Waals surface area contributed by atoms with Gasteiger partial charge in [0, 0.05) is 0 Å². The molecule has 0 heterocycles. The minimum absolute atomic E-state index is 0.110. The lowest BCUT2D eigenvalue weighted by Gasteiger charge is -2.15. The van der Waals surface area contributed by atoms with Gasteiger partial charge in [-0.25, -0.2) is 0 Å². The second-order valence-electron chi connectivity index (χ2n) is 3.56. The molecule has 0 aliphatic rings. The van der Waals surface area contributed by atoms with Crippen molar-refractivity contribution in [2.75, 3.05) is 0 Å². The third-order valence-corrected chi connectivity index (χ3v) is 2.42. The van der Waals surface area contributed by atoms with Gasteiger partial charge in [0.2, 0.25) is 0 Å². The van der Waals surface area contributed by atoms with E-state index in [1.807, 2.05) is 36.4 Å². The van der Waals surface area contributed by atoms with E-state index in [2.05, 4.69) is 13.2 Å². The van der Waals surface area contributed by atoms with Crippen LogP contribution in [0.5, 0.6) is 0 Å². The molecule has 82 valence electrons. The van der Waals surface area contributed by atoms with Crippen LogP contribution >= 0.6 is 0 Å². The van der Waals surface area contributed by atoms with Crippen LogP contribution in [0.2, 0.25) is 0 Å². The fraction of sp³-hybridized carbons (Fsp3) is 0.133. The first-order valence-electron chi connectivity index (χ1n) is 5.21. The van der Waals surface area contributed by atoms with Crippen molar-refractivity contribution >= 4 is 5.78 Å². The average molecular weight is 212 g/mol. The van der Waals surface area contributed by atoms with Crippen molar-refractivity contribution in [1.82, 2.24) is 0 Å². The standard InChI is InChI=1S/C15H16O/c1-4-9-13(5-2)15(12(3)16)14-10-7-6-8-11-14/h4-11,15H,1-2H2,3H3/b13-9+. The van der Waals surface area contributed by atoms with E-state index in [-0.39, 0.29) is 11.7 Å². The molecule has 0 amide bonds. The molecular formula is C15H16O. The Labute approximate surface area is 96.8 Å². The monoisotopic (exact) mass is 212 g/mol. The predicted octanol–water partition coefficient (Wildman–Crippen LogP) is 3.66. The molecule has 0 aromatic heterocycles. The van der Waals surface area contributed by atoms with Crippen molar-refractivity contribution in [2.24, 2.45) is 0 Å². The minimum Gasteiger partial charge on any atom is -0.299 e. The van der Waals surface area contributed by atoms with Crippen molar-refractivity contribution in [2.45, 2.75) is 12.8 Å². The molecule has 1 rings (SSSR count). The zero-order chi connectivity index (χ0) is 12.0. The molecule has 0 aliphatic carbocycles. The first-order valence-corrected chi connectivity index (χ1v) is 5.21. The van der Waals surface area contributed by atoms with Crippen molar-refractivity contribution in [3.05, 3.63) is 72.9 Å². The Bertz CT molecular complexity index is 412. The summed E-state index contributed by atoms with van der Waals surface area (Å²) < 4.78 is 0. The maximum atomic E-state index is 11.7. The molecular weight excluding hydrogens is 196 g/mol. The molecule has 0 fully saturated rings. The third-order valence-electron chi connectivity index (χ3n) is 2.42. The van der Waals surface area contributed by atoms with Crippen LogP contribution in [0.4, 0.5) is 0 Å². The van der Waals surface area contributed by atoms with Crippen molar-refractivity contribution in [3.63, 3.8) is 0 Å². The van der Waals surface area contributed by atoms with Gasteiger partial charge < -0.3 is 0 Å². The Morgan fingerprint density at radius 2 is 1.88 bits per heavy atom. The molecule has 1 heteroatoms. The zero-order valence-electron chi connectivity index (χ0n) is 9.52. The molecule has 0 spiro atoms. The molecule has 1 atom stereocenters. The molecule has 1 unspecified atom stereocenters. The van der Waals surface area contributed by atoms with Crippen LogP contribution in [0.3, 0.4) is 0 Å². The van der Waals surface area contributed by atoms with E-state index < -0.39 is 0 Å². The molecule has 0 saturated heterocycles. The Hall–Kier alpha value is -1.89. The quantitative estimate of drug-likeness (QED) is 0.681. The molecule has 0 N–H and O–H groups in total. The van der Waals surface area contributed by atoms with Crippen LogP contribution in [0.15, 0.2) is 67.3 Å². The van der Waals surface area contributed by atoms with Gasteiger partial charge in [-0.1, -0.05) is 61.7 Å². The van der Waals surface area contributed by atoms with Gasteiger partial charge >= 0.3 is 0 Å². The van der Waals surface area contributed by atoms with Crippen molar-refractivity contribution in [1.29, 1.82) is 0 Å². The highest BCUT2D eigenvalue weighted by Crippen LogP contribution is 2.26. The molecule has 1 nitrogen and oxygen atoms in total. The number of hydrogen-bond acceptors (Lipinski definition) is 1. The van der Waals surface area contributed by atoms with E-state index in [1.54, 1.807) is 19.1 Å². The highest BCUT2D eigenvalue weighted by molar-refractivity contribution is 5.87. The number of rotatable bonds is 5. The summed E-state index contributed by atoms with van der Waals surface area (Å²) in [6, 6.07) is 9.70. The predicted molar refractivity (Wildman–Crippen MR) is 68.3 cm³/mol. The maximum Gasteiger partial charge on any atom is 0.141 e. The lowest BCUT2D eigenvalue weighted by molar-refractivity contribution is -0.117. The smallest absolute Gasteiger partial charge is 0.141 e. The Kier molecular flexibility index (Phi) is 4.46. The number of hydrogen-bond donors (Lipinski definition) is 0. The summed E-state index contributed by atoms with van der Waals surface area (Å²) in [4.78, 5) is 11.7. The normalized spacial score (nSPS) is 12.9. The number of benzene rings is 1. The van der Waals surface area contributed by atoms with E-state index in [0.717, 1.165) is 11.1 Å². The highest BCUT2D eigenvalue weighted by atomic mass is 16.1. The molecule has 0 bridgehead atoms. The first kappa shape index (κ1) is 12.2. The van der Waals surface area contributed by atoms with Crippen molar-refractivity contribution < 1.29 is 4.79 Å². The Morgan fingerprint density at radius 3 is 2.31 bits per heavy atom. The third kappa shape index (κ3) is 2.80. The van der Waals surface area contributed by atoms with Crippen LogP contribution < -0.4 is 0 Å². The van der Waals surface area contributed by atoms with Gasteiger partial charge in [0.25, 0.3) is 0 Å². The minimum atomic E-state index is -0.239. The topological polar surface area (TPSA) is 17.1 Å². The number of allylic oxidation sites excluding steroid dienone is 4. The van der Waals surface area contributed by atoms with E-state index in [0.29, 0.717) is 0 Å². The molecule has 0 radical (unpaired) electrons. The van der Waals surface area contributed by atoms with Gasteiger partial charge in [0.15, 0.2) is 0 Å². The van der Waals surface area contributed by atoms with Gasteiger partial charge in [-0.2, -0.15) is 0 Å². The lowest BCUT2D eigenvalue weighted by Crippen LogP contribution is -2.10. The second-order valence-corrected chi connectivity index (χ2v) is 3.56. The summed E-state index contributed by atoms with van der Waals surface area (Å²) in [5.41, 5.74) is 1.87. The van der Waals surface area contributed by atoms with Crippen LogP contribution in [-0.4, -0.2) is 5.78 Å². The Balaban J connectivity index is 3.19. The summed E-state index contributed by atoms with van der Waals surface area (Å²) in [5, 5.41) is 0. The van der Waals surface area contributed by atoms with E-state index in [4.69, 9.17) is 0 Å². The van der Waals surface area contributed by atoms with Crippen LogP contribution in [0.1, 0.15) is 18.4 Å². The number of carbonyl (C=O) groups excluding carboxylic acids is 1.